The molecule has 2 atom stereocenters. The Labute approximate surface area is 110 Å². The van der Waals surface area contributed by atoms with E-state index >= 15 is 0 Å². The molecule has 4 nitrogen and oxygen atoms in total. The van der Waals surface area contributed by atoms with Crippen molar-refractivity contribution in [2.75, 3.05) is 24.2 Å². The Hall–Kier alpha value is -0.520. The fraction of sp³-hybridized carbons (Fsp3) is 0.636. The third kappa shape index (κ3) is 2.37. The molecule has 1 aromatic rings. The Morgan fingerprint density at radius 2 is 2.06 bits per heavy atom. The lowest BCUT2D eigenvalue weighted by molar-refractivity contribution is 0.0302. The van der Waals surface area contributed by atoms with Gasteiger partial charge in [0, 0.05) is 19.2 Å². The summed E-state index contributed by atoms with van der Waals surface area (Å²) in [7, 11) is 0. The van der Waals surface area contributed by atoms with Crippen LogP contribution in [0.2, 0.25) is 5.15 Å². The summed E-state index contributed by atoms with van der Waals surface area (Å²) in [5.41, 5.74) is 0. The maximum Gasteiger partial charge on any atom is 0.190 e. The second-order valence-corrected chi connectivity index (χ2v) is 5.56. The molecule has 0 aromatic carbocycles. The lowest BCUT2D eigenvalue weighted by Gasteiger charge is -2.33. The van der Waals surface area contributed by atoms with Crippen LogP contribution in [0.15, 0.2) is 11.2 Å². The van der Waals surface area contributed by atoms with Crippen LogP contribution in [0.4, 0.5) is 5.82 Å². The lowest BCUT2D eigenvalue weighted by Crippen LogP contribution is -2.43. The van der Waals surface area contributed by atoms with Crippen molar-refractivity contribution < 1.29 is 4.74 Å². The van der Waals surface area contributed by atoms with E-state index in [1.165, 1.54) is 11.8 Å². The number of morpholine rings is 1. The minimum Gasteiger partial charge on any atom is -0.371 e. The van der Waals surface area contributed by atoms with Crippen LogP contribution in [0.25, 0.3) is 0 Å². The van der Waals surface area contributed by atoms with Crippen molar-refractivity contribution >= 4 is 29.2 Å². The Balaban J connectivity index is 1.86. The first-order chi connectivity index (χ1) is 8.24. The quantitative estimate of drug-likeness (QED) is 0.468. The van der Waals surface area contributed by atoms with E-state index in [0.717, 1.165) is 36.9 Å². The topological polar surface area (TPSA) is 38.2 Å². The number of rotatable bonds is 2. The normalized spacial score (nSPS) is 27.5. The zero-order chi connectivity index (χ0) is 11.8. The maximum absolute atomic E-state index is 6.01. The molecule has 2 aliphatic rings. The Bertz CT molecular complexity index is 419. The van der Waals surface area contributed by atoms with Crippen molar-refractivity contribution in [2.24, 2.45) is 0 Å². The van der Waals surface area contributed by atoms with Crippen molar-refractivity contribution in [3.63, 3.8) is 0 Å². The van der Waals surface area contributed by atoms with E-state index in [2.05, 4.69) is 14.9 Å². The first-order valence-electron chi connectivity index (χ1n) is 5.73. The number of halogens is 1. The number of hydrogen-bond acceptors (Lipinski definition) is 5. The van der Waals surface area contributed by atoms with Crippen LogP contribution >= 0.6 is 23.4 Å². The largest absolute Gasteiger partial charge is 0.371 e. The Kier molecular flexibility index (Phi) is 3.15. The molecule has 0 saturated carbocycles. The number of aromatic nitrogens is 2. The van der Waals surface area contributed by atoms with Crippen molar-refractivity contribution in [3.8, 4) is 0 Å². The molecular weight excluding hydrogens is 258 g/mol. The molecule has 2 bridgehead atoms. The third-order valence-electron chi connectivity index (χ3n) is 3.21. The number of anilines is 1. The molecular formula is C11H14ClN3OS. The number of nitrogens with zero attached hydrogens (tertiary/aromatic N) is 3. The second kappa shape index (κ2) is 4.63. The fourth-order valence-electron chi connectivity index (χ4n) is 2.44. The molecule has 6 heteroatoms. The highest BCUT2D eigenvalue weighted by molar-refractivity contribution is 7.98. The van der Waals surface area contributed by atoms with Gasteiger partial charge in [-0.3, -0.25) is 0 Å². The van der Waals surface area contributed by atoms with Gasteiger partial charge in [-0.05, 0) is 19.1 Å². The van der Waals surface area contributed by atoms with Crippen molar-refractivity contribution in [1.29, 1.82) is 0 Å². The number of thioether (sulfide) groups is 1. The summed E-state index contributed by atoms with van der Waals surface area (Å²) in [5, 5.41) is 1.24. The predicted molar refractivity (Wildman–Crippen MR) is 68.9 cm³/mol. The Morgan fingerprint density at radius 1 is 1.35 bits per heavy atom. The van der Waals surface area contributed by atoms with E-state index in [0.29, 0.717) is 17.4 Å². The van der Waals surface area contributed by atoms with Gasteiger partial charge in [-0.15, -0.1) is 0 Å². The summed E-state index contributed by atoms with van der Waals surface area (Å²) in [5.74, 6) is 0.926. The minimum atomic E-state index is 0.361. The van der Waals surface area contributed by atoms with Gasteiger partial charge in [-0.25, -0.2) is 9.97 Å². The molecule has 2 unspecified atom stereocenters. The standard InChI is InChI=1S/C11H14ClN3OS/c1-17-11-13-9(12)4-10(14-11)15-5-7-2-3-8(6-15)16-7/h4,7-8H,2-3,5-6H2,1H3. The van der Waals surface area contributed by atoms with Gasteiger partial charge in [0.05, 0.1) is 12.2 Å². The van der Waals surface area contributed by atoms with E-state index in [1.54, 1.807) is 0 Å². The van der Waals surface area contributed by atoms with Crippen molar-refractivity contribution in [3.05, 3.63) is 11.2 Å². The molecule has 3 rings (SSSR count). The van der Waals surface area contributed by atoms with Gasteiger partial charge in [0.2, 0.25) is 0 Å². The molecule has 17 heavy (non-hydrogen) atoms. The van der Waals surface area contributed by atoms with Crippen LogP contribution in [0.3, 0.4) is 0 Å². The second-order valence-electron chi connectivity index (χ2n) is 4.40. The van der Waals surface area contributed by atoms with E-state index in [-0.39, 0.29) is 0 Å². The summed E-state index contributed by atoms with van der Waals surface area (Å²) in [6, 6.07) is 1.84. The van der Waals surface area contributed by atoms with E-state index in [9.17, 15) is 0 Å². The highest BCUT2D eigenvalue weighted by atomic mass is 35.5. The molecule has 3 heterocycles. The van der Waals surface area contributed by atoms with Crippen LogP contribution in [0.1, 0.15) is 12.8 Å². The Morgan fingerprint density at radius 3 is 2.71 bits per heavy atom. The monoisotopic (exact) mass is 271 g/mol. The van der Waals surface area contributed by atoms with Crippen LogP contribution in [-0.4, -0.2) is 41.5 Å². The molecule has 2 saturated heterocycles. The van der Waals surface area contributed by atoms with Crippen LogP contribution in [0.5, 0.6) is 0 Å². The van der Waals surface area contributed by atoms with Gasteiger partial charge >= 0.3 is 0 Å². The highest BCUT2D eigenvalue weighted by Gasteiger charge is 2.34. The number of hydrogen-bond donors (Lipinski definition) is 0. The van der Waals surface area contributed by atoms with Gasteiger partial charge in [-0.1, -0.05) is 23.4 Å². The summed E-state index contributed by atoms with van der Waals surface area (Å²) in [6.45, 7) is 1.83. The zero-order valence-corrected chi connectivity index (χ0v) is 11.2. The summed E-state index contributed by atoms with van der Waals surface area (Å²) < 4.78 is 5.81. The highest BCUT2D eigenvalue weighted by Crippen LogP contribution is 2.30. The van der Waals surface area contributed by atoms with E-state index < -0.39 is 0 Å². The number of fused-ring (bicyclic) bond motifs is 2. The first-order valence-corrected chi connectivity index (χ1v) is 7.34. The summed E-state index contributed by atoms with van der Waals surface area (Å²) in [4.78, 5) is 10.9. The van der Waals surface area contributed by atoms with E-state index in [4.69, 9.17) is 16.3 Å². The third-order valence-corrected chi connectivity index (χ3v) is 3.95. The van der Waals surface area contributed by atoms with Gasteiger partial charge in [-0.2, -0.15) is 0 Å². The molecule has 0 radical (unpaired) electrons. The van der Waals surface area contributed by atoms with Gasteiger partial charge in [0.15, 0.2) is 5.16 Å². The average molecular weight is 272 g/mol. The molecule has 0 N–H and O–H groups in total. The molecule has 0 amide bonds. The molecule has 0 spiro atoms. The SMILES string of the molecule is CSc1nc(Cl)cc(N2CC3CCC(C2)O3)n1. The fourth-order valence-corrected chi connectivity index (χ4v) is 3.04. The molecule has 0 aliphatic carbocycles. The van der Waals surface area contributed by atoms with Crippen LogP contribution < -0.4 is 4.90 Å². The summed E-state index contributed by atoms with van der Waals surface area (Å²) in [6.07, 6.45) is 5.00. The molecule has 1 aromatic heterocycles. The maximum atomic E-state index is 6.01. The smallest absolute Gasteiger partial charge is 0.190 e. The van der Waals surface area contributed by atoms with Gasteiger partial charge in [0.25, 0.3) is 0 Å². The molecule has 2 fully saturated rings. The van der Waals surface area contributed by atoms with Crippen LogP contribution in [0, 0.1) is 0 Å². The molecule has 2 aliphatic heterocycles. The zero-order valence-electron chi connectivity index (χ0n) is 9.60. The van der Waals surface area contributed by atoms with Gasteiger partial charge in [0.1, 0.15) is 11.0 Å². The van der Waals surface area contributed by atoms with Gasteiger partial charge < -0.3 is 9.64 Å². The minimum absolute atomic E-state index is 0.361. The first kappa shape index (κ1) is 11.6. The average Bonchev–Trinajstić information content (AvgIpc) is 2.67. The van der Waals surface area contributed by atoms with Crippen molar-refractivity contribution in [2.45, 2.75) is 30.2 Å². The van der Waals surface area contributed by atoms with E-state index in [1.807, 2.05) is 12.3 Å². The molecule has 92 valence electrons. The van der Waals surface area contributed by atoms with Crippen LogP contribution in [-0.2, 0) is 4.74 Å². The number of ether oxygens (including phenoxy) is 1. The van der Waals surface area contributed by atoms with Crippen molar-refractivity contribution in [1.82, 2.24) is 9.97 Å². The lowest BCUT2D eigenvalue weighted by atomic mass is 10.2. The summed E-state index contributed by atoms with van der Waals surface area (Å²) >= 11 is 7.53. The predicted octanol–water partition coefficient (Wildman–Crippen LogP) is 2.22.